The fourth-order valence-corrected chi connectivity index (χ4v) is 5.22. The number of anilines is 2. The number of carbonyl (C=O) groups is 1. The number of hydrogen-bond acceptors (Lipinski definition) is 5. The summed E-state index contributed by atoms with van der Waals surface area (Å²) in [6.45, 7) is 6.08. The van der Waals surface area contributed by atoms with E-state index < -0.39 is 26.0 Å². The van der Waals surface area contributed by atoms with Gasteiger partial charge in [0.1, 0.15) is 0 Å². The summed E-state index contributed by atoms with van der Waals surface area (Å²) >= 11 is 6.07. The van der Waals surface area contributed by atoms with Crippen LogP contribution < -0.4 is 14.8 Å². The largest absolute Gasteiger partial charge is 0.322 e. The van der Waals surface area contributed by atoms with Crippen molar-refractivity contribution in [2.45, 2.75) is 36.0 Å². The van der Waals surface area contributed by atoms with Crippen LogP contribution in [0.1, 0.15) is 36.7 Å². The Labute approximate surface area is 210 Å². The van der Waals surface area contributed by atoms with Crippen molar-refractivity contribution >= 4 is 48.9 Å². The summed E-state index contributed by atoms with van der Waals surface area (Å²) in [6, 6.07) is 16.3. The second-order valence-electron chi connectivity index (χ2n) is 8.76. The van der Waals surface area contributed by atoms with Crippen molar-refractivity contribution < 1.29 is 21.6 Å². The first-order chi connectivity index (χ1) is 16.2. The second kappa shape index (κ2) is 9.98. The smallest absolute Gasteiger partial charge is 0.261 e. The Hall–Kier alpha value is -2.92. The van der Waals surface area contributed by atoms with E-state index >= 15 is 0 Å². The van der Waals surface area contributed by atoms with Gasteiger partial charge in [0.15, 0.2) is 0 Å². The quantitative estimate of drug-likeness (QED) is 0.408. The minimum absolute atomic E-state index is 0.0193. The van der Waals surface area contributed by atoms with Gasteiger partial charge in [-0.05, 0) is 66.6 Å². The third-order valence-electron chi connectivity index (χ3n) is 5.17. The Balaban J connectivity index is 1.91. The second-order valence-corrected chi connectivity index (χ2v) is 12.8. The minimum atomic E-state index is -4.01. The third kappa shape index (κ3) is 6.40. The van der Waals surface area contributed by atoms with E-state index in [4.69, 9.17) is 11.6 Å². The maximum Gasteiger partial charge on any atom is 0.261 e. The molecule has 0 saturated heterocycles. The Bertz CT molecular complexity index is 1460. The molecule has 11 heteroatoms. The third-order valence-corrected chi connectivity index (χ3v) is 8.20. The molecule has 3 aromatic rings. The first-order valence-corrected chi connectivity index (χ1v) is 13.9. The minimum Gasteiger partial charge on any atom is -0.322 e. The van der Waals surface area contributed by atoms with Gasteiger partial charge in [0.25, 0.3) is 15.9 Å². The van der Waals surface area contributed by atoms with Crippen LogP contribution in [0, 0.1) is 0 Å². The van der Waals surface area contributed by atoms with Gasteiger partial charge in [0.2, 0.25) is 10.0 Å². The first-order valence-electron chi connectivity index (χ1n) is 10.5. The van der Waals surface area contributed by atoms with Crippen molar-refractivity contribution in [2.24, 2.45) is 0 Å². The van der Waals surface area contributed by atoms with Crippen LogP contribution in [0.15, 0.2) is 76.5 Å². The molecule has 0 spiro atoms. The molecule has 186 valence electrons. The molecule has 0 aliphatic carbocycles. The summed E-state index contributed by atoms with van der Waals surface area (Å²) in [5, 5.41) is 2.81. The monoisotopic (exact) mass is 535 g/mol. The molecule has 0 fully saturated rings. The molecule has 3 aromatic carbocycles. The maximum atomic E-state index is 13.0. The number of amides is 1. The van der Waals surface area contributed by atoms with Gasteiger partial charge in [-0.3, -0.25) is 9.52 Å². The van der Waals surface area contributed by atoms with Crippen molar-refractivity contribution in [2.75, 3.05) is 17.1 Å². The predicted molar refractivity (Wildman–Crippen MR) is 138 cm³/mol. The Morgan fingerprint density at radius 2 is 1.49 bits per heavy atom. The molecule has 3 N–H and O–H groups in total. The van der Waals surface area contributed by atoms with Gasteiger partial charge < -0.3 is 5.32 Å². The summed E-state index contributed by atoms with van der Waals surface area (Å²) in [5.41, 5.74) is 1.03. The highest BCUT2D eigenvalue weighted by Gasteiger charge is 2.21. The van der Waals surface area contributed by atoms with Crippen molar-refractivity contribution in [3.05, 3.63) is 82.9 Å². The lowest BCUT2D eigenvalue weighted by Crippen LogP contribution is -2.20. The van der Waals surface area contributed by atoms with E-state index in [1.165, 1.54) is 61.6 Å². The van der Waals surface area contributed by atoms with Gasteiger partial charge in [0, 0.05) is 10.7 Å². The average molecular weight is 536 g/mol. The molecular weight excluding hydrogens is 510 g/mol. The molecule has 0 radical (unpaired) electrons. The number of sulfonamides is 2. The predicted octanol–water partition coefficient (Wildman–Crippen LogP) is 4.60. The zero-order valence-corrected chi connectivity index (χ0v) is 22.0. The van der Waals surface area contributed by atoms with Crippen LogP contribution in [0.4, 0.5) is 11.4 Å². The van der Waals surface area contributed by atoms with Crippen LogP contribution in [0.5, 0.6) is 0 Å². The van der Waals surface area contributed by atoms with Gasteiger partial charge >= 0.3 is 0 Å². The number of benzene rings is 3. The van der Waals surface area contributed by atoms with Gasteiger partial charge in [-0.1, -0.05) is 50.6 Å². The van der Waals surface area contributed by atoms with Crippen LogP contribution >= 0.6 is 11.6 Å². The number of nitrogens with one attached hydrogen (secondary N) is 3. The zero-order chi connectivity index (χ0) is 26.0. The van der Waals surface area contributed by atoms with Crippen LogP contribution in [-0.4, -0.2) is 29.8 Å². The van der Waals surface area contributed by atoms with Gasteiger partial charge in [0.05, 0.1) is 21.0 Å². The summed E-state index contributed by atoms with van der Waals surface area (Å²) in [7, 11) is -6.45. The highest BCUT2D eigenvalue weighted by atomic mass is 35.5. The van der Waals surface area contributed by atoms with E-state index in [9.17, 15) is 21.6 Å². The Morgan fingerprint density at radius 1 is 0.829 bits per heavy atom. The SMILES string of the molecule is CNS(=O)(=O)c1cccc(NC(=O)c2cc(Cl)ccc2NS(=O)(=O)c2ccc(C(C)(C)C)cc2)c1. The normalized spacial score (nSPS) is 12.3. The van der Waals surface area contributed by atoms with Gasteiger partial charge in [-0.25, -0.2) is 21.6 Å². The van der Waals surface area contributed by atoms with E-state index in [1.54, 1.807) is 12.1 Å². The number of halogens is 1. The fourth-order valence-electron chi connectivity index (χ4n) is 3.19. The van der Waals surface area contributed by atoms with E-state index in [-0.39, 0.29) is 37.2 Å². The molecule has 8 nitrogen and oxygen atoms in total. The Kier molecular flexibility index (Phi) is 7.61. The van der Waals surface area contributed by atoms with Crippen molar-refractivity contribution in [1.82, 2.24) is 4.72 Å². The molecule has 0 aromatic heterocycles. The van der Waals surface area contributed by atoms with E-state index in [0.29, 0.717) is 0 Å². The highest BCUT2D eigenvalue weighted by Crippen LogP contribution is 2.27. The summed E-state index contributed by atoms with van der Waals surface area (Å²) in [5.74, 6) is -0.674. The van der Waals surface area contributed by atoms with E-state index in [1.807, 2.05) is 20.8 Å². The lowest BCUT2D eigenvalue weighted by atomic mass is 9.87. The van der Waals surface area contributed by atoms with Crippen molar-refractivity contribution in [1.29, 1.82) is 0 Å². The average Bonchev–Trinajstić information content (AvgIpc) is 2.79. The topological polar surface area (TPSA) is 121 Å². The standard InChI is InChI=1S/C24H26ClN3O5S2/c1-24(2,3)16-8-11-19(12-9-16)35(32,33)28-22-13-10-17(25)14-21(22)23(29)27-18-6-5-7-20(15-18)34(30,31)26-4/h5-15,26,28H,1-4H3,(H,27,29). The highest BCUT2D eigenvalue weighted by molar-refractivity contribution is 7.92. The molecular formula is C24H26ClN3O5S2. The molecule has 0 aliphatic rings. The van der Waals surface area contributed by atoms with Crippen LogP contribution in [0.2, 0.25) is 5.02 Å². The fraction of sp³-hybridized carbons (Fsp3) is 0.208. The lowest BCUT2D eigenvalue weighted by Gasteiger charge is -2.19. The van der Waals surface area contributed by atoms with Crippen LogP contribution in [0.25, 0.3) is 0 Å². The molecule has 0 unspecified atom stereocenters. The first kappa shape index (κ1) is 26.7. The summed E-state index contributed by atoms with van der Waals surface area (Å²) < 4.78 is 54.8. The molecule has 0 atom stereocenters. The maximum absolute atomic E-state index is 13.0. The zero-order valence-electron chi connectivity index (χ0n) is 19.6. The van der Waals surface area contributed by atoms with Gasteiger partial charge in [-0.15, -0.1) is 0 Å². The molecule has 35 heavy (non-hydrogen) atoms. The van der Waals surface area contributed by atoms with Crippen LogP contribution in [0.3, 0.4) is 0 Å². The molecule has 0 saturated carbocycles. The summed E-state index contributed by atoms with van der Waals surface area (Å²) in [4.78, 5) is 13.0. The van der Waals surface area contributed by atoms with E-state index in [2.05, 4.69) is 14.8 Å². The van der Waals surface area contributed by atoms with Crippen molar-refractivity contribution in [3.63, 3.8) is 0 Å². The molecule has 3 rings (SSSR count). The van der Waals surface area contributed by atoms with E-state index in [0.717, 1.165) is 5.56 Å². The number of rotatable bonds is 7. The summed E-state index contributed by atoms with van der Waals surface area (Å²) in [6.07, 6.45) is 0. The molecule has 1 amide bonds. The number of hydrogen-bond donors (Lipinski definition) is 3. The molecule has 0 heterocycles. The van der Waals surface area contributed by atoms with Crippen molar-refractivity contribution in [3.8, 4) is 0 Å². The Morgan fingerprint density at radius 3 is 2.09 bits per heavy atom. The van der Waals surface area contributed by atoms with Crippen LogP contribution in [-0.2, 0) is 25.5 Å². The van der Waals surface area contributed by atoms with Gasteiger partial charge in [-0.2, -0.15) is 0 Å². The lowest BCUT2D eigenvalue weighted by molar-refractivity contribution is 0.102. The molecule has 0 aliphatic heterocycles. The number of carbonyl (C=O) groups excluding carboxylic acids is 1. The molecule has 0 bridgehead atoms.